The maximum Gasteiger partial charge on any atom is 0.361 e. The lowest BCUT2D eigenvalue weighted by Gasteiger charge is -2.10. The number of aromatic nitrogens is 1. The molecule has 0 amide bonds. The quantitative estimate of drug-likeness (QED) is 0.156. The maximum absolute atomic E-state index is 13.7. The molecule has 0 saturated heterocycles. The number of nitrogens with zero attached hydrogens (tertiary/aromatic N) is 1. The second-order valence-electron chi connectivity index (χ2n) is 10.9. The Balaban J connectivity index is 1.25. The van der Waals surface area contributed by atoms with E-state index in [1.807, 2.05) is 150 Å². The minimum absolute atomic E-state index is 0.429. The second-order valence-corrected chi connectivity index (χ2v) is 10.9. The highest BCUT2D eigenvalue weighted by atomic mass is 16.5. The van der Waals surface area contributed by atoms with E-state index in [4.69, 9.17) is 18.6 Å². The molecule has 0 saturated carbocycles. The Morgan fingerprint density at radius 1 is 0.565 bits per heavy atom. The molecule has 6 nitrogen and oxygen atoms in total. The summed E-state index contributed by atoms with van der Waals surface area (Å²) in [5, 5.41) is 0. The van der Waals surface area contributed by atoms with Crippen LogP contribution in [0.3, 0.4) is 0 Å². The van der Waals surface area contributed by atoms with E-state index < -0.39 is 5.63 Å². The molecular formula is C40H31NO5. The van der Waals surface area contributed by atoms with E-state index >= 15 is 0 Å². The van der Waals surface area contributed by atoms with Gasteiger partial charge in [0.05, 0.1) is 13.3 Å². The predicted octanol–water partition coefficient (Wildman–Crippen LogP) is 9.06. The predicted molar refractivity (Wildman–Crippen MR) is 180 cm³/mol. The van der Waals surface area contributed by atoms with Crippen LogP contribution < -0.4 is 19.8 Å². The van der Waals surface area contributed by atoms with Crippen molar-refractivity contribution in [2.45, 2.75) is 13.2 Å². The van der Waals surface area contributed by atoms with Gasteiger partial charge in [0.15, 0.2) is 5.76 Å². The Morgan fingerprint density at radius 2 is 1.07 bits per heavy atom. The van der Waals surface area contributed by atoms with Gasteiger partial charge < -0.3 is 23.0 Å². The van der Waals surface area contributed by atoms with Gasteiger partial charge in [0.1, 0.15) is 36.0 Å². The van der Waals surface area contributed by atoms with Gasteiger partial charge in [-0.25, -0.2) is 4.79 Å². The van der Waals surface area contributed by atoms with Crippen molar-refractivity contribution in [1.82, 2.24) is 4.40 Å². The molecule has 0 spiro atoms. The molecular weight excluding hydrogens is 574 g/mol. The first-order chi connectivity index (χ1) is 22.6. The van der Waals surface area contributed by atoms with E-state index in [9.17, 15) is 4.79 Å². The molecule has 7 aromatic rings. The number of rotatable bonds is 10. The molecule has 2 aromatic heterocycles. The smallest absolute Gasteiger partial charge is 0.361 e. The lowest BCUT2D eigenvalue weighted by atomic mass is 9.97. The molecule has 226 valence electrons. The number of benzene rings is 5. The SMILES string of the molecule is COc1ccc(-c2cn3cc(-c4ccc(OCc5ccccc5)cc4)c(-c4ccc(OCc5ccccc5)cc4)c3c(=O)o2)cc1. The van der Waals surface area contributed by atoms with Crippen molar-refractivity contribution in [3.63, 3.8) is 0 Å². The summed E-state index contributed by atoms with van der Waals surface area (Å²) in [6, 6.07) is 43.3. The van der Waals surface area contributed by atoms with Crippen molar-refractivity contribution in [2.24, 2.45) is 0 Å². The van der Waals surface area contributed by atoms with Crippen LogP contribution in [0, 0.1) is 0 Å². The molecule has 0 unspecified atom stereocenters. The summed E-state index contributed by atoms with van der Waals surface area (Å²) in [5.41, 5.74) is 6.48. The van der Waals surface area contributed by atoms with Crippen LogP contribution >= 0.6 is 0 Å². The minimum atomic E-state index is -0.429. The first kappa shape index (κ1) is 28.7. The fraction of sp³-hybridized carbons (Fsp3) is 0.0750. The Bertz CT molecular complexity index is 2110. The van der Waals surface area contributed by atoms with Crippen molar-refractivity contribution in [3.8, 4) is 50.8 Å². The van der Waals surface area contributed by atoms with Crippen LogP contribution in [0.5, 0.6) is 17.2 Å². The molecule has 6 heteroatoms. The number of ether oxygens (including phenoxy) is 3. The van der Waals surface area contributed by atoms with Crippen molar-refractivity contribution in [3.05, 3.63) is 167 Å². The molecule has 0 atom stereocenters. The molecule has 0 aliphatic carbocycles. The lowest BCUT2D eigenvalue weighted by Crippen LogP contribution is -2.05. The summed E-state index contributed by atoms with van der Waals surface area (Å²) in [5.74, 6) is 2.69. The Morgan fingerprint density at radius 3 is 1.61 bits per heavy atom. The molecule has 0 N–H and O–H groups in total. The number of hydrogen-bond acceptors (Lipinski definition) is 5. The van der Waals surface area contributed by atoms with Crippen molar-refractivity contribution in [2.75, 3.05) is 7.11 Å². The molecule has 0 aliphatic heterocycles. The Labute approximate surface area is 266 Å². The van der Waals surface area contributed by atoms with E-state index in [1.165, 1.54) is 0 Å². The molecule has 0 radical (unpaired) electrons. The largest absolute Gasteiger partial charge is 0.497 e. The van der Waals surface area contributed by atoms with Gasteiger partial charge in [-0.05, 0) is 70.8 Å². The molecule has 0 fully saturated rings. The van der Waals surface area contributed by atoms with Crippen LogP contribution in [0.1, 0.15) is 11.1 Å². The van der Waals surface area contributed by atoms with Crippen molar-refractivity contribution in [1.29, 1.82) is 0 Å². The highest BCUT2D eigenvalue weighted by Gasteiger charge is 2.20. The van der Waals surface area contributed by atoms with Gasteiger partial charge in [0.25, 0.3) is 0 Å². The summed E-state index contributed by atoms with van der Waals surface area (Å²) in [4.78, 5) is 13.7. The van der Waals surface area contributed by atoms with Crippen LogP contribution in [0.25, 0.3) is 39.1 Å². The average molecular weight is 606 g/mol. The maximum atomic E-state index is 13.7. The van der Waals surface area contributed by atoms with Gasteiger partial charge in [0, 0.05) is 22.9 Å². The summed E-state index contributed by atoms with van der Waals surface area (Å²) >= 11 is 0. The van der Waals surface area contributed by atoms with Gasteiger partial charge >= 0.3 is 5.63 Å². The zero-order valence-electron chi connectivity index (χ0n) is 25.3. The second kappa shape index (κ2) is 12.9. The van der Waals surface area contributed by atoms with Crippen LogP contribution in [-0.2, 0) is 13.2 Å². The van der Waals surface area contributed by atoms with Gasteiger partial charge in [0.2, 0.25) is 0 Å². The van der Waals surface area contributed by atoms with Crippen LogP contribution in [-0.4, -0.2) is 11.5 Å². The highest BCUT2D eigenvalue weighted by Crippen LogP contribution is 2.38. The molecule has 5 aromatic carbocycles. The monoisotopic (exact) mass is 605 g/mol. The molecule has 7 rings (SSSR count). The lowest BCUT2D eigenvalue weighted by molar-refractivity contribution is 0.306. The van der Waals surface area contributed by atoms with E-state index in [1.54, 1.807) is 7.11 Å². The van der Waals surface area contributed by atoms with Gasteiger partial charge in [-0.1, -0.05) is 84.9 Å². The summed E-state index contributed by atoms with van der Waals surface area (Å²) in [7, 11) is 1.62. The molecule has 0 bridgehead atoms. The van der Waals surface area contributed by atoms with E-state index in [0.717, 1.165) is 56.2 Å². The first-order valence-electron chi connectivity index (χ1n) is 15.0. The third-order valence-corrected chi connectivity index (χ3v) is 7.86. The normalized spacial score (nSPS) is 11.0. The van der Waals surface area contributed by atoms with Crippen LogP contribution in [0.15, 0.2) is 155 Å². The van der Waals surface area contributed by atoms with Gasteiger partial charge in [-0.3, -0.25) is 0 Å². The molecule has 0 aliphatic rings. The zero-order chi connectivity index (χ0) is 31.3. The van der Waals surface area contributed by atoms with Crippen LogP contribution in [0.4, 0.5) is 0 Å². The fourth-order valence-corrected chi connectivity index (χ4v) is 5.47. The minimum Gasteiger partial charge on any atom is -0.497 e. The number of methoxy groups -OCH3 is 1. The third-order valence-electron chi connectivity index (χ3n) is 7.86. The highest BCUT2D eigenvalue weighted by molar-refractivity contribution is 5.94. The molecule has 46 heavy (non-hydrogen) atoms. The van der Waals surface area contributed by atoms with Crippen LogP contribution in [0.2, 0.25) is 0 Å². The van der Waals surface area contributed by atoms with E-state index in [0.29, 0.717) is 24.5 Å². The Hall–Kier alpha value is -6.01. The zero-order valence-corrected chi connectivity index (χ0v) is 25.3. The summed E-state index contributed by atoms with van der Waals surface area (Å²) in [6.07, 6.45) is 3.83. The summed E-state index contributed by atoms with van der Waals surface area (Å²) in [6.45, 7) is 0.951. The number of fused-ring (bicyclic) bond motifs is 1. The summed E-state index contributed by atoms with van der Waals surface area (Å²) < 4.78 is 25.1. The number of hydrogen-bond donors (Lipinski definition) is 0. The Kier molecular flexibility index (Phi) is 8.07. The third kappa shape index (κ3) is 6.14. The van der Waals surface area contributed by atoms with Gasteiger partial charge in [-0.2, -0.15) is 0 Å². The first-order valence-corrected chi connectivity index (χ1v) is 15.0. The van der Waals surface area contributed by atoms with E-state index in [2.05, 4.69) is 0 Å². The topological polar surface area (TPSA) is 62.3 Å². The standard InChI is InChI=1S/C40H31NO5/c1-43-33-18-14-31(15-19-33)37-25-41-24-36(30-12-20-34(21-13-30)44-26-28-8-4-2-5-9-28)38(39(41)40(42)46-37)32-16-22-35(23-17-32)45-27-29-10-6-3-7-11-29/h2-25H,26-27H2,1H3. The van der Waals surface area contributed by atoms with E-state index in [-0.39, 0.29) is 0 Å². The molecule has 2 heterocycles. The van der Waals surface area contributed by atoms with Crippen molar-refractivity contribution < 1.29 is 18.6 Å². The fourth-order valence-electron chi connectivity index (χ4n) is 5.47. The van der Waals surface area contributed by atoms with Gasteiger partial charge in [-0.15, -0.1) is 0 Å². The van der Waals surface area contributed by atoms with Crippen molar-refractivity contribution >= 4 is 5.52 Å². The average Bonchev–Trinajstić information content (AvgIpc) is 3.51.